The van der Waals surface area contributed by atoms with Gasteiger partial charge < -0.3 is 10.1 Å². The maximum atomic E-state index is 5.34. The van der Waals surface area contributed by atoms with Crippen LogP contribution in [0.4, 0.5) is 0 Å². The van der Waals surface area contributed by atoms with E-state index in [2.05, 4.69) is 43.4 Å². The molecule has 0 spiro atoms. The molecule has 1 N–H and O–H groups in total. The van der Waals surface area contributed by atoms with Gasteiger partial charge in [-0.2, -0.15) is 0 Å². The number of hydrogen-bond donors (Lipinski definition) is 1. The van der Waals surface area contributed by atoms with E-state index >= 15 is 0 Å². The first-order valence-electron chi connectivity index (χ1n) is 6.96. The molecule has 19 heavy (non-hydrogen) atoms. The van der Waals surface area contributed by atoms with Crippen LogP contribution in [0.2, 0.25) is 0 Å². The van der Waals surface area contributed by atoms with Crippen molar-refractivity contribution in [2.75, 3.05) is 7.11 Å². The van der Waals surface area contributed by atoms with Crippen LogP contribution in [0.25, 0.3) is 10.1 Å². The third kappa shape index (κ3) is 2.42. The highest BCUT2D eigenvalue weighted by molar-refractivity contribution is 7.19. The molecule has 1 saturated carbocycles. The van der Waals surface area contributed by atoms with Crippen molar-refractivity contribution in [3.05, 3.63) is 34.7 Å². The summed E-state index contributed by atoms with van der Waals surface area (Å²) >= 11 is 1.92. The van der Waals surface area contributed by atoms with Crippen molar-refractivity contribution in [2.24, 2.45) is 0 Å². The number of thiophene rings is 1. The second-order valence-corrected chi connectivity index (χ2v) is 6.59. The molecule has 1 aromatic heterocycles. The van der Waals surface area contributed by atoms with Crippen molar-refractivity contribution >= 4 is 21.4 Å². The molecular formula is C16H21NOS. The Morgan fingerprint density at radius 2 is 2.05 bits per heavy atom. The van der Waals surface area contributed by atoms with E-state index in [1.165, 1.54) is 20.5 Å². The van der Waals surface area contributed by atoms with Gasteiger partial charge in [0.05, 0.1) is 6.10 Å². The van der Waals surface area contributed by atoms with Crippen molar-refractivity contribution < 1.29 is 4.74 Å². The lowest BCUT2D eigenvalue weighted by Gasteiger charge is -2.36. The van der Waals surface area contributed by atoms with Crippen LogP contribution in [0.15, 0.2) is 24.3 Å². The Kier molecular flexibility index (Phi) is 3.61. The lowest BCUT2D eigenvalue weighted by atomic mass is 9.88. The first kappa shape index (κ1) is 13.1. The molecule has 0 aliphatic heterocycles. The van der Waals surface area contributed by atoms with Crippen LogP contribution in [0.1, 0.15) is 36.2 Å². The van der Waals surface area contributed by atoms with Gasteiger partial charge >= 0.3 is 0 Å². The van der Waals surface area contributed by atoms with E-state index in [1.807, 2.05) is 11.3 Å². The monoisotopic (exact) mass is 275 g/mol. The van der Waals surface area contributed by atoms with Crippen LogP contribution in [0, 0.1) is 6.92 Å². The minimum atomic E-state index is 0.431. The minimum Gasteiger partial charge on any atom is -0.381 e. The Bertz CT molecular complexity index is 571. The molecule has 3 heteroatoms. The molecule has 0 bridgehead atoms. The molecule has 0 radical (unpaired) electrons. The molecule has 1 atom stereocenters. The van der Waals surface area contributed by atoms with Crippen LogP contribution >= 0.6 is 11.3 Å². The van der Waals surface area contributed by atoms with Gasteiger partial charge in [-0.15, -0.1) is 11.3 Å². The summed E-state index contributed by atoms with van der Waals surface area (Å²) in [6.07, 6.45) is 2.75. The van der Waals surface area contributed by atoms with E-state index in [0.717, 1.165) is 12.8 Å². The molecule has 2 nitrogen and oxygen atoms in total. The predicted octanol–water partition coefficient (Wildman–Crippen LogP) is 4.04. The van der Waals surface area contributed by atoms with Gasteiger partial charge in [-0.05, 0) is 43.7 Å². The average molecular weight is 275 g/mol. The molecule has 1 aliphatic rings. The highest BCUT2D eigenvalue weighted by Crippen LogP contribution is 2.35. The van der Waals surface area contributed by atoms with Gasteiger partial charge in [0, 0.05) is 28.8 Å². The van der Waals surface area contributed by atoms with Gasteiger partial charge in [0.25, 0.3) is 0 Å². The molecule has 1 unspecified atom stereocenters. The number of ether oxygens (including phenoxy) is 1. The van der Waals surface area contributed by atoms with Gasteiger partial charge in [0.15, 0.2) is 0 Å². The Labute approximate surface area is 118 Å². The Morgan fingerprint density at radius 3 is 2.74 bits per heavy atom. The summed E-state index contributed by atoms with van der Waals surface area (Å²) < 4.78 is 6.73. The molecule has 1 heterocycles. The Hall–Kier alpha value is -0.900. The van der Waals surface area contributed by atoms with E-state index in [-0.39, 0.29) is 0 Å². The third-order valence-electron chi connectivity index (χ3n) is 4.19. The molecular weight excluding hydrogens is 254 g/mol. The molecule has 1 fully saturated rings. The molecule has 102 valence electrons. The standard InChI is InChI=1S/C16H21NOS/c1-10-14-6-4-5-7-15(14)19-16(10)11(2)17-12-8-13(9-12)18-3/h4-7,11-13,17H,8-9H2,1-3H3. The highest BCUT2D eigenvalue weighted by atomic mass is 32.1. The maximum absolute atomic E-state index is 5.34. The highest BCUT2D eigenvalue weighted by Gasteiger charge is 2.30. The van der Waals surface area contributed by atoms with Crippen molar-refractivity contribution in [1.82, 2.24) is 5.32 Å². The van der Waals surface area contributed by atoms with E-state index < -0.39 is 0 Å². The molecule has 3 rings (SSSR count). The molecule has 0 saturated heterocycles. The summed E-state index contributed by atoms with van der Waals surface area (Å²) in [4.78, 5) is 1.47. The number of fused-ring (bicyclic) bond motifs is 1. The second kappa shape index (κ2) is 5.23. The smallest absolute Gasteiger partial charge is 0.0601 e. The SMILES string of the molecule is COC1CC(NC(C)c2sc3ccccc3c2C)C1. The fourth-order valence-corrected chi connectivity index (χ4v) is 4.15. The summed E-state index contributed by atoms with van der Waals surface area (Å²) in [6, 6.07) is 9.73. The quantitative estimate of drug-likeness (QED) is 0.909. The van der Waals surface area contributed by atoms with E-state index in [9.17, 15) is 0 Å². The van der Waals surface area contributed by atoms with Crippen LogP contribution in [-0.2, 0) is 4.74 Å². The molecule has 2 aromatic rings. The van der Waals surface area contributed by atoms with Crippen molar-refractivity contribution in [1.29, 1.82) is 0 Å². The summed E-state index contributed by atoms with van der Waals surface area (Å²) in [5.74, 6) is 0. The second-order valence-electron chi connectivity index (χ2n) is 5.50. The van der Waals surface area contributed by atoms with Gasteiger partial charge in [-0.3, -0.25) is 0 Å². The average Bonchev–Trinajstić information content (AvgIpc) is 2.71. The number of methoxy groups -OCH3 is 1. The van der Waals surface area contributed by atoms with Crippen LogP contribution in [0.5, 0.6) is 0 Å². The van der Waals surface area contributed by atoms with Crippen molar-refractivity contribution in [3.63, 3.8) is 0 Å². The normalized spacial score (nSPS) is 24.4. The van der Waals surface area contributed by atoms with Crippen LogP contribution in [0.3, 0.4) is 0 Å². The van der Waals surface area contributed by atoms with Crippen molar-refractivity contribution in [2.45, 2.75) is 44.9 Å². The summed E-state index contributed by atoms with van der Waals surface area (Å²) in [7, 11) is 1.81. The number of aryl methyl sites for hydroxylation is 1. The van der Waals surface area contributed by atoms with Gasteiger partial charge in [-0.25, -0.2) is 0 Å². The zero-order valence-electron chi connectivity index (χ0n) is 11.8. The zero-order valence-corrected chi connectivity index (χ0v) is 12.6. The lowest BCUT2D eigenvalue weighted by Crippen LogP contribution is -2.45. The number of nitrogens with one attached hydrogen (secondary N) is 1. The first-order valence-corrected chi connectivity index (χ1v) is 7.77. The Balaban J connectivity index is 1.75. The topological polar surface area (TPSA) is 21.3 Å². The maximum Gasteiger partial charge on any atom is 0.0601 e. The number of benzene rings is 1. The zero-order chi connectivity index (χ0) is 13.4. The summed E-state index contributed by atoms with van der Waals surface area (Å²) in [5, 5.41) is 5.13. The van der Waals surface area contributed by atoms with Crippen LogP contribution < -0.4 is 5.32 Å². The number of rotatable bonds is 4. The predicted molar refractivity (Wildman–Crippen MR) is 81.9 cm³/mol. The summed E-state index contributed by atoms with van der Waals surface area (Å²) in [6.45, 7) is 4.52. The largest absolute Gasteiger partial charge is 0.381 e. The molecule has 1 aromatic carbocycles. The molecule has 0 amide bonds. The first-order chi connectivity index (χ1) is 9.19. The molecule has 1 aliphatic carbocycles. The van der Waals surface area contributed by atoms with Gasteiger partial charge in [0.2, 0.25) is 0 Å². The van der Waals surface area contributed by atoms with E-state index in [1.54, 1.807) is 7.11 Å². The Morgan fingerprint density at radius 1 is 1.32 bits per heavy atom. The lowest BCUT2D eigenvalue weighted by molar-refractivity contribution is 0.0148. The van der Waals surface area contributed by atoms with Gasteiger partial charge in [0.1, 0.15) is 0 Å². The summed E-state index contributed by atoms with van der Waals surface area (Å²) in [5.41, 5.74) is 1.43. The van der Waals surface area contributed by atoms with Crippen molar-refractivity contribution in [3.8, 4) is 0 Å². The van der Waals surface area contributed by atoms with E-state index in [4.69, 9.17) is 4.74 Å². The fraction of sp³-hybridized carbons (Fsp3) is 0.500. The number of hydrogen-bond acceptors (Lipinski definition) is 3. The van der Waals surface area contributed by atoms with E-state index in [0.29, 0.717) is 18.2 Å². The third-order valence-corrected chi connectivity index (χ3v) is 5.64. The minimum absolute atomic E-state index is 0.431. The fourth-order valence-electron chi connectivity index (χ4n) is 2.93. The van der Waals surface area contributed by atoms with Crippen LogP contribution in [-0.4, -0.2) is 19.3 Å². The van der Waals surface area contributed by atoms with Gasteiger partial charge in [-0.1, -0.05) is 18.2 Å².